The highest BCUT2D eigenvalue weighted by atomic mass is 32.1. The molecule has 5 nitrogen and oxygen atoms in total. The van der Waals surface area contributed by atoms with Crippen LogP contribution in [-0.2, 0) is 0 Å². The van der Waals surface area contributed by atoms with Crippen LogP contribution in [0.3, 0.4) is 0 Å². The molecule has 0 bridgehead atoms. The molecule has 1 N–H and O–H groups in total. The minimum absolute atomic E-state index is 0.828. The number of fused-ring (bicyclic) bond motifs is 1. The van der Waals surface area contributed by atoms with Crippen LogP contribution in [0, 0.1) is 0 Å². The standard InChI is InChI=1S/C17H14N4OS/c1-22-14-4-2-13(3-5-14)20-16-6-8-18-17-15(10-19-21(16)17)12-7-9-23-11-12/h2-11,20H,1H3. The van der Waals surface area contributed by atoms with Crippen LogP contribution in [0.25, 0.3) is 16.8 Å². The molecule has 0 amide bonds. The van der Waals surface area contributed by atoms with Gasteiger partial charge in [0.1, 0.15) is 11.6 Å². The molecule has 0 atom stereocenters. The molecule has 0 saturated heterocycles. The van der Waals surface area contributed by atoms with Gasteiger partial charge in [0.15, 0.2) is 5.65 Å². The molecule has 114 valence electrons. The Morgan fingerprint density at radius 2 is 2.00 bits per heavy atom. The van der Waals surface area contributed by atoms with Crippen LogP contribution in [-0.4, -0.2) is 21.7 Å². The van der Waals surface area contributed by atoms with Gasteiger partial charge in [-0.3, -0.25) is 0 Å². The maximum absolute atomic E-state index is 5.18. The Morgan fingerprint density at radius 3 is 2.74 bits per heavy atom. The van der Waals surface area contributed by atoms with Crippen LogP contribution in [0.5, 0.6) is 5.75 Å². The smallest absolute Gasteiger partial charge is 0.165 e. The van der Waals surface area contributed by atoms with Crippen LogP contribution < -0.4 is 10.1 Å². The summed E-state index contributed by atoms with van der Waals surface area (Å²) in [6, 6.07) is 11.7. The van der Waals surface area contributed by atoms with E-state index in [4.69, 9.17) is 4.74 Å². The minimum Gasteiger partial charge on any atom is -0.497 e. The molecule has 4 aromatic rings. The van der Waals surface area contributed by atoms with Crippen LogP contribution in [0.1, 0.15) is 0 Å². The highest BCUT2D eigenvalue weighted by molar-refractivity contribution is 7.08. The van der Waals surface area contributed by atoms with Crippen molar-refractivity contribution in [3.8, 4) is 16.9 Å². The Kier molecular flexibility index (Phi) is 3.44. The van der Waals surface area contributed by atoms with E-state index in [1.807, 2.05) is 41.0 Å². The molecule has 0 spiro atoms. The summed E-state index contributed by atoms with van der Waals surface area (Å²) in [5.41, 5.74) is 3.97. The summed E-state index contributed by atoms with van der Waals surface area (Å²) in [7, 11) is 1.66. The SMILES string of the molecule is COc1ccc(Nc2ccnc3c(-c4ccsc4)cnn23)cc1. The van der Waals surface area contributed by atoms with Gasteiger partial charge >= 0.3 is 0 Å². The molecule has 0 fully saturated rings. The van der Waals surface area contributed by atoms with E-state index in [0.29, 0.717) is 0 Å². The maximum atomic E-state index is 5.18. The number of anilines is 2. The molecule has 0 aliphatic carbocycles. The van der Waals surface area contributed by atoms with E-state index in [0.717, 1.165) is 34.0 Å². The van der Waals surface area contributed by atoms with E-state index in [-0.39, 0.29) is 0 Å². The minimum atomic E-state index is 0.828. The van der Waals surface area contributed by atoms with Gasteiger partial charge < -0.3 is 10.1 Å². The Labute approximate surface area is 137 Å². The van der Waals surface area contributed by atoms with Crippen LogP contribution >= 0.6 is 11.3 Å². The molecule has 3 aromatic heterocycles. The Balaban J connectivity index is 1.73. The lowest BCUT2D eigenvalue weighted by Crippen LogP contribution is -2.00. The predicted molar refractivity (Wildman–Crippen MR) is 92.6 cm³/mol. The second kappa shape index (κ2) is 5.73. The number of ether oxygens (including phenoxy) is 1. The van der Waals surface area contributed by atoms with E-state index in [2.05, 4.69) is 32.2 Å². The van der Waals surface area contributed by atoms with Gasteiger partial charge in [-0.25, -0.2) is 4.98 Å². The van der Waals surface area contributed by atoms with Gasteiger partial charge in [0.05, 0.1) is 13.3 Å². The summed E-state index contributed by atoms with van der Waals surface area (Å²) >= 11 is 1.66. The van der Waals surface area contributed by atoms with Gasteiger partial charge in [-0.15, -0.1) is 0 Å². The number of hydrogen-bond acceptors (Lipinski definition) is 5. The van der Waals surface area contributed by atoms with Crippen molar-refractivity contribution in [3.63, 3.8) is 0 Å². The van der Waals surface area contributed by atoms with E-state index >= 15 is 0 Å². The molecule has 23 heavy (non-hydrogen) atoms. The summed E-state index contributed by atoms with van der Waals surface area (Å²) in [5, 5.41) is 12.0. The number of hydrogen-bond donors (Lipinski definition) is 1. The highest BCUT2D eigenvalue weighted by Crippen LogP contribution is 2.27. The zero-order chi connectivity index (χ0) is 15.6. The normalized spacial score (nSPS) is 10.8. The number of methoxy groups -OCH3 is 1. The predicted octanol–water partition coefficient (Wildman–Crippen LogP) is 4.21. The molecule has 0 aliphatic heterocycles. The third kappa shape index (κ3) is 2.53. The molecule has 0 radical (unpaired) electrons. The molecular formula is C17H14N4OS. The fourth-order valence-corrected chi connectivity index (χ4v) is 3.09. The fourth-order valence-electron chi connectivity index (χ4n) is 2.43. The summed E-state index contributed by atoms with van der Waals surface area (Å²) in [4.78, 5) is 4.47. The van der Waals surface area contributed by atoms with Gasteiger partial charge in [-0.2, -0.15) is 21.0 Å². The second-order valence-corrected chi connectivity index (χ2v) is 5.77. The monoisotopic (exact) mass is 322 g/mol. The van der Waals surface area contributed by atoms with Gasteiger partial charge in [0.25, 0.3) is 0 Å². The summed E-state index contributed by atoms with van der Waals surface area (Å²) in [5.74, 6) is 1.69. The van der Waals surface area contributed by atoms with Crippen molar-refractivity contribution in [1.29, 1.82) is 0 Å². The third-order valence-corrected chi connectivity index (χ3v) is 4.28. The zero-order valence-corrected chi connectivity index (χ0v) is 13.2. The first kappa shape index (κ1) is 13.8. The number of aromatic nitrogens is 3. The van der Waals surface area contributed by atoms with Crippen LogP contribution in [0.2, 0.25) is 0 Å². The van der Waals surface area contributed by atoms with Crippen molar-refractivity contribution < 1.29 is 4.74 Å². The summed E-state index contributed by atoms with van der Waals surface area (Å²) < 4.78 is 7.00. The lowest BCUT2D eigenvalue weighted by atomic mass is 10.2. The molecule has 4 rings (SSSR count). The Morgan fingerprint density at radius 1 is 1.13 bits per heavy atom. The van der Waals surface area contributed by atoms with Crippen molar-refractivity contribution in [3.05, 3.63) is 59.6 Å². The van der Waals surface area contributed by atoms with E-state index in [9.17, 15) is 0 Å². The second-order valence-electron chi connectivity index (χ2n) is 4.99. The van der Waals surface area contributed by atoms with Crippen LogP contribution in [0.4, 0.5) is 11.5 Å². The van der Waals surface area contributed by atoms with Crippen molar-refractivity contribution in [1.82, 2.24) is 14.6 Å². The number of thiophene rings is 1. The summed E-state index contributed by atoms with van der Waals surface area (Å²) in [6.45, 7) is 0. The number of benzene rings is 1. The Hall–Kier alpha value is -2.86. The lowest BCUT2D eigenvalue weighted by Gasteiger charge is -2.09. The average molecular weight is 322 g/mol. The first-order valence-corrected chi connectivity index (χ1v) is 8.06. The maximum Gasteiger partial charge on any atom is 0.165 e. The largest absolute Gasteiger partial charge is 0.497 e. The lowest BCUT2D eigenvalue weighted by molar-refractivity contribution is 0.415. The van der Waals surface area contributed by atoms with E-state index in [1.54, 1.807) is 24.6 Å². The zero-order valence-electron chi connectivity index (χ0n) is 12.4. The molecular weight excluding hydrogens is 308 g/mol. The third-order valence-electron chi connectivity index (χ3n) is 3.60. The van der Waals surface area contributed by atoms with Gasteiger partial charge in [0.2, 0.25) is 0 Å². The molecule has 0 unspecified atom stereocenters. The highest BCUT2D eigenvalue weighted by Gasteiger charge is 2.11. The van der Waals surface area contributed by atoms with E-state index < -0.39 is 0 Å². The fraction of sp³-hybridized carbons (Fsp3) is 0.0588. The number of nitrogens with zero attached hydrogens (tertiary/aromatic N) is 3. The Bertz CT molecular complexity index is 929. The van der Waals surface area contributed by atoms with Crippen molar-refractivity contribution in [2.24, 2.45) is 0 Å². The number of rotatable bonds is 4. The van der Waals surface area contributed by atoms with Gasteiger partial charge in [0, 0.05) is 17.4 Å². The first-order chi connectivity index (χ1) is 11.3. The molecule has 0 saturated carbocycles. The van der Waals surface area contributed by atoms with Crippen molar-refractivity contribution in [2.45, 2.75) is 0 Å². The van der Waals surface area contributed by atoms with Crippen molar-refractivity contribution >= 4 is 28.5 Å². The topological polar surface area (TPSA) is 51.5 Å². The quantitative estimate of drug-likeness (QED) is 0.611. The first-order valence-electron chi connectivity index (χ1n) is 7.11. The van der Waals surface area contributed by atoms with Crippen molar-refractivity contribution in [2.75, 3.05) is 12.4 Å². The van der Waals surface area contributed by atoms with Gasteiger partial charge in [-0.1, -0.05) is 0 Å². The molecule has 0 aliphatic rings. The molecule has 6 heteroatoms. The van der Waals surface area contributed by atoms with E-state index in [1.165, 1.54) is 0 Å². The average Bonchev–Trinajstić information content (AvgIpc) is 3.25. The van der Waals surface area contributed by atoms with Crippen LogP contribution in [0.15, 0.2) is 59.6 Å². The molecule has 3 heterocycles. The van der Waals surface area contributed by atoms with Gasteiger partial charge in [-0.05, 0) is 52.7 Å². The number of nitrogens with one attached hydrogen (secondary N) is 1. The molecule has 1 aromatic carbocycles. The summed E-state index contributed by atoms with van der Waals surface area (Å²) in [6.07, 6.45) is 3.64.